The van der Waals surface area contributed by atoms with Crippen LogP contribution in [0.4, 0.5) is 0 Å². The predicted octanol–water partition coefficient (Wildman–Crippen LogP) is 2.50. The molecular weight excluding hydrogens is 136 g/mol. The second-order valence-corrected chi connectivity index (χ2v) is 3.96. The number of hydrogen-bond acceptors (Lipinski definition) is 1. The highest BCUT2D eigenvalue weighted by Crippen LogP contribution is 2.41. The van der Waals surface area contributed by atoms with E-state index in [1.54, 1.807) is 0 Å². The first-order valence-corrected chi connectivity index (χ1v) is 4.41. The predicted molar refractivity (Wildman–Crippen MR) is 47.4 cm³/mol. The van der Waals surface area contributed by atoms with Gasteiger partial charge in [0.15, 0.2) is 0 Å². The molecule has 1 rings (SSSR count). The molecule has 64 valence electrons. The average molecular weight is 154 g/mol. The zero-order valence-electron chi connectivity index (χ0n) is 7.56. The fourth-order valence-electron chi connectivity index (χ4n) is 1.81. The summed E-state index contributed by atoms with van der Waals surface area (Å²) in [6.45, 7) is 8.09. The van der Waals surface area contributed by atoms with Crippen molar-refractivity contribution in [1.29, 1.82) is 0 Å². The fourth-order valence-corrected chi connectivity index (χ4v) is 1.81. The third-order valence-electron chi connectivity index (χ3n) is 3.13. The molecule has 0 spiro atoms. The van der Waals surface area contributed by atoms with Crippen LogP contribution in [0.25, 0.3) is 0 Å². The molecule has 0 amide bonds. The largest absolute Gasteiger partial charge is 0.392 e. The van der Waals surface area contributed by atoms with E-state index < -0.39 is 0 Å². The number of aliphatic hydroxyl groups excluding tert-OH is 1. The second-order valence-electron chi connectivity index (χ2n) is 3.96. The Kier molecular flexibility index (Phi) is 2.38. The standard InChI is InChI=1S/C10H18O/c1-8(2)10(3)7-5-4-6-9(10)11/h9,11H,1,4-7H2,2-3H3. The van der Waals surface area contributed by atoms with Crippen molar-refractivity contribution in [3.8, 4) is 0 Å². The number of rotatable bonds is 1. The third-order valence-corrected chi connectivity index (χ3v) is 3.13. The van der Waals surface area contributed by atoms with Gasteiger partial charge in [-0.25, -0.2) is 0 Å². The first-order valence-electron chi connectivity index (χ1n) is 4.41. The highest BCUT2D eigenvalue weighted by molar-refractivity contribution is 5.09. The molecule has 0 aromatic rings. The van der Waals surface area contributed by atoms with Crippen molar-refractivity contribution >= 4 is 0 Å². The van der Waals surface area contributed by atoms with Gasteiger partial charge >= 0.3 is 0 Å². The molecule has 2 unspecified atom stereocenters. The molecule has 0 aliphatic heterocycles. The smallest absolute Gasteiger partial charge is 0.0630 e. The molecule has 1 fully saturated rings. The Morgan fingerprint density at radius 3 is 2.55 bits per heavy atom. The van der Waals surface area contributed by atoms with Crippen LogP contribution in [-0.2, 0) is 0 Å². The third kappa shape index (κ3) is 1.48. The van der Waals surface area contributed by atoms with Crippen LogP contribution >= 0.6 is 0 Å². The molecule has 0 saturated heterocycles. The maximum atomic E-state index is 9.74. The minimum Gasteiger partial charge on any atom is -0.392 e. The van der Waals surface area contributed by atoms with Gasteiger partial charge in [-0.05, 0) is 19.8 Å². The summed E-state index contributed by atoms with van der Waals surface area (Å²) in [6, 6.07) is 0. The molecule has 0 heterocycles. The lowest BCUT2D eigenvalue weighted by Crippen LogP contribution is -2.36. The molecule has 1 saturated carbocycles. The van der Waals surface area contributed by atoms with Gasteiger partial charge in [0.25, 0.3) is 0 Å². The highest BCUT2D eigenvalue weighted by Gasteiger charge is 2.35. The molecule has 1 nitrogen and oxygen atoms in total. The van der Waals surface area contributed by atoms with Gasteiger partial charge in [0.2, 0.25) is 0 Å². The Morgan fingerprint density at radius 1 is 1.55 bits per heavy atom. The number of hydrogen-bond donors (Lipinski definition) is 1. The molecular formula is C10H18O. The van der Waals surface area contributed by atoms with Crippen LogP contribution in [0, 0.1) is 5.41 Å². The first-order chi connectivity index (χ1) is 5.07. The minimum absolute atomic E-state index is 0.00174. The normalized spacial score (nSPS) is 38.6. The van der Waals surface area contributed by atoms with Crippen molar-refractivity contribution in [3.63, 3.8) is 0 Å². The summed E-state index contributed by atoms with van der Waals surface area (Å²) in [5.41, 5.74) is 1.13. The zero-order chi connectivity index (χ0) is 8.48. The van der Waals surface area contributed by atoms with E-state index in [0.717, 1.165) is 18.4 Å². The first kappa shape index (κ1) is 8.79. The van der Waals surface area contributed by atoms with E-state index in [9.17, 15) is 5.11 Å². The van der Waals surface area contributed by atoms with Gasteiger partial charge in [0.1, 0.15) is 0 Å². The Morgan fingerprint density at radius 2 is 2.18 bits per heavy atom. The van der Waals surface area contributed by atoms with E-state index in [2.05, 4.69) is 13.5 Å². The Bertz CT molecular complexity index is 162. The van der Waals surface area contributed by atoms with Crippen molar-refractivity contribution < 1.29 is 5.11 Å². The molecule has 0 radical (unpaired) electrons. The second kappa shape index (κ2) is 2.98. The molecule has 1 heteroatoms. The van der Waals surface area contributed by atoms with Crippen LogP contribution < -0.4 is 0 Å². The maximum Gasteiger partial charge on any atom is 0.0630 e. The maximum absolute atomic E-state index is 9.74. The van der Waals surface area contributed by atoms with Gasteiger partial charge in [-0.3, -0.25) is 0 Å². The van der Waals surface area contributed by atoms with Crippen LogP contribution in [0.3, 0.4) is 0 Å². The van der Waals surface area contributed by atoms with Crippen molar-refractivity contribution in [1.82, 2.24) is 0 Å². The summed E-state index contributed by atoms with van der Waals surface area (Å²) >= 11 is 0. The Hall–Kier alpha value is -0.300. The lowest BCUT2D eigenvalue weighted by Gasteiger charge is -2.39. The van der Waals surface area contributed by atoms with Crippen LogP contribution in [0.15, 0.2) is 12.2 Å². The SMILES string of the molecule is C=C(C)C1(C)CCCCC1O. The minimum atomic E-state index is -0.159. The Balaban J connectivity index is 2.72. The van der Waals surface area contributed by atoms with E-state index in [4.69, 9.17) is 0 Å². The van der Waals surface area contributed by atoms with E-state index in [0.29, 0.717) is 0 Å². The fraction of sp³-hybridized carbons (Fsp3) is 0.800. The van der Waals surface area contributed by atoms with Crippen LogP contribution in [0.5, 0.6) is 0 Å². The monoisotopic (exact) mass is 154 g/mol. The quantitative estimate of drug-likeness (QED) is 0.575. The van der Waals surface area contributed by atoms with Gasteiger partial charge in [0, 0.05) is 5.41 Å². The summed E-state index contributed by atoms with van der Waals surface area (Å²) in [4.78, 5) is 0. The van der Waals surface area contributed by atoms with Crippen LogP contribution in [-0.4, -0.2) is 11.2 Å². The van der Waals surface area contributed by atoms with E-state index in [-0.39, 0.29) is 11.5 Å². The van der Waals surface area contributed by atoms with Gasteiger partial charge in [-0.15, -0.1) is 0 Å². The van der Waals surface area contributed by atoms with E-state index in [1.807, 2.05) is 6.92 Å². The molecule has 1 aliphatic rings. The van der Waals surface area contributed by atoms with Gasteiger partial charge in [-0.2, -0.15) is 0 Å². The molecule has 2 atom stereocenters. The average Bonchev–Trinajstić information content (AvgIpc) is 1.95. The van der Waals surface area contributed by atoms with Crippen LogP contribution in [0.2, 0.25) is 0 Å². The van der Waals surface area contributed by atoms with E-state index >= 15 is 0 Å². The van der Waals surface area contributed by atoms with Gasteiger partial charge in [0.05, 0.1) is 6.10 Å². The lowest BCUT2D eigenvalue weighted by atomic mass is 9.69. The van der Waals surface area contributed by atoms with Crippen molar-refractivity contribution in [3.05, 3.63) is 12.2 Å². The highest BCUT2D eigenvalue weighted by atomic mass is 16.3. The van der Waals surface area contributed by atoms with Gasteiger partial charge < -0.3 is 5.11 Å². The van der Waals surface area contributed by atoms with Crippen molar-refractivity contribution in [2.75, 3.05) is 0 Å². The van der Waals surface area contributed by atoms with Crippen molar-refractivity contribution in [2.24, 2.45) is 5.41 Å². The Labute approximate surface area is 69.1 Å². The van der Waals surface area contributed by atoms with Crippen LogP contribution in [0.1, 0.15) is 39.5 Å². The summed E-state index contributed by atoms with van der Waals surface area (Å²) in [5.74, 6) is 0. The topological polar surface area (TPSA) is 20.2 Å². The summed E-state index contributed by atoms with van der Waals surface area (Å²) in [6.07, 6.45) is 4.30. The lowest BCUT2D eigenvalue weighted by molar-refractivity contribution is 0.0256. The van der Waals surface area contributed by atoms with Gasteiger partial charge in [-0.1, -0.05) is 31.9 Å². The molecule has 11 heavy (non-hydrogen) atoms. The van der Waals surface area contributed by atoms with E-state index in [1.165, 1.54) is 12.8 Å². The summed E-state index contributed by atoms with van der Waals surface area (Å²) < 4.78 is 0. The zero-order valence-corrected chi connectivity index (χ0v) is 7.56. The molecule has 0 aromatic carbocycles. The summed E-state index contributed by atoms with van der Waals surface area (Å²) in [7, 11) is 0. The molecule has 1 N–H and O–H groups in total. The van der Waals surface area contributed by atoms with Crippen molar-refractivity contribution in [2.45, 2.75) is 45.6 Å². The molecule has 0 bridgehead atoms. The summed E-state index contributed by atoms with van der Waals surface area (Å²) in [5, 5.41) is 9.74. The molecule has 0 aromatic heterocycles. The molecule has 1 aliphatic carbocycles. The number of aliphatic hydroxyl groups is 1.